The molecule has 3 heterocycles. The molecule has 7 rings (SSSR count). The first-order valence-corrected chi connectivity index (χ1v) is 13.3. The number of thioether (sulfide) groups is 1. The van der Waals surface area contributed by atoms with Crippen molar-refractivity contribution in [1.29, 1.82) is 0 Å². The van der Waals surface area contributed by atoms with E-state index >= 15 is 0 Å². The van der Waals surface area contributed by atoms with Crippen LogP contribution in [0.4, 0.5) is 17.1 Å². The van der Waals surface area contributed by atoms with E-state index in [0.29, 0.717) is 28.4 Å². The van der Waals surface area contributed by atoms with Crippen LogP contribution < -0.4 is 5.32 Å². The Balaban J connectivity index is 1.55. The minimum atomic E-state index is -1.48. The number of ketones is 1. The number of nitrogens with zero attached hydrogens (tertiary/aromatic N) is 3. The van der Waals surface area contributed by atoms with Crippen LogP contribution in [0, 0.1) is 25.6 Å². The van der Waals surface area contributed by atoms with E-state index in [1.807, 2.05) is 12.1 Å². The fourth-order valence-corrected chi connectivity index (χ4v) is 8.68. The largest absolute Gasteiger partial charge is 0.324 e. The molecule has 3 aromatic rings. The van der Waals surface area contributed by atoms with Gasteiger partial charge in [-0.3, -0.25) is 34.7 Å². The number of benzene rings is 3. The van der Waals surface area contributed by atoms with Crippen molar-refractivity contribution in [2.24, 2.45) is 5.41 Å². The van der Waals surface area contributed by atoms with Gasteiger partial charge in [-0.15, -0.1) is 11.8 Å². The number of carbonyl (C=O) groups excluding carboxylic acids is 2. The minimum absolute atomic E-state index is 0.0613. The molecule has 0 aromatic heterocycles. The average Bonchev–Trinajstić information content (AvgIpc) is 3.62. The number of Topliss-reactive ketones (excluding diaryl/α,β-unsaturated/α-hetero) is 1. The van der Waals surface area contributed by atoms with Crippen LogP contribution in [0.3, 0.4) is 0 Å². The second-order valence-electron chi connectivity index (χ2n) is 10.1. The predicted molar refractivity (Wildman–Crippen MR) is 139 cm³/mol. The number of fused-ring (bicyclic) bond motifs is 6. The van der Waals surface area contributed by atoms with Crippen LogP contribution in [0.1, 0.15) is 33.0 Å². The Morgan fingerprint density at radius 1 is 0.947 bits per heavy atom. The van der Waals surface area contributed by atoms with Gasteiger partial charge in [-0.05, 0) is 23.6 Å². The molecule has 1 amide bonds. The molecule has 2 fully saturated rings. The highest BCUT2D eigenvalue weighted by atomic mass is 32.2. The maximum Gasteiger partial charge on any atom is 0.269 e. The Labute approximate surface area is 220 Å². The third-order valence-corrected chi connectivity index (χ3v) is 9.73. The van der Waals surface area contributed by atoms with Crippen LogP contribution in [0.2, 0.25) is 0 Å². The number of nitrogens with one attached hydrogen (secondary N) is 1. The Morgan fingerprint density at radius 2 is 1.66 bits per heavy atom. The second kappa shape index (κ2) is 7.71. The first kappa shape index (κ1) is 23.1. The van der Waals surface area contributed by atoms with E-state index in [1.165, 1.54) is 30.3 Å². The molecule has 2 saturated heterocycles. The predicted octanol–water partition coefficient (Wildman–Crippen LogP) is 4.25. The van der Waals surface area contributed by atoms with Crippen LogP contribution in [0.5, 0.6) is 0 Å². The molecule has 3 aromatic carbocycles. The topological polar surface area (TPSA) is 136 Å². The molecular formula is C27H20N4O6S. The summed E-state index contributed by atoms with van der Waals surface area (Å²) in [7, 11) is 0. The quantitative estimate of drug-likeness (QED) is 0.394. The third-order valence-electron chi connectivity index (χ3n) is 8.69. The SMILES string of the molecule is O=C1Nc2ccc([N+](=O)[O-])cc2[C@]12N1CSC[C@H]1[C@H](c1ccc([N+](=O)[O-])cc1)[C@]21Cc2ccccc2C1=O. The standard InChI is InChI=1S/C27H20N4O6S/c32-24-19-4-2-1-3-16(19)12-26(24)23(15-5-7-17(8-6-15)30(34)35)22-13-38-14-29(22)27(26)20-11-18(31(36)37)9-10-21(20)28-25(27)33/h1-11,22-23H,12-14H2,(H,28,33)/t22-,23-,26-,27-/m0/s1. The van der Waals surface area contributed by atoms with Gasteiger partial charge in [0.15, 0.2) is 5.78 Å². The molecule has 1 N–H and O–H groups in total. The van der Waals surface area contributed by atoms with E-state index < -0.39 is 26.7 Å². The number of carbonyl (C=O) groups is 2. The van der Waals surface area contributed by atoms with Crippen LogP contribution in [0.15, 0.2) is 66.7 Å². The highest BCUT2D eigenvalue weighted by Gasteiger charge is 2.79. The molecule has 3 aliphatic heterocycles. The molecule has 190 valence electrons. The summed E-state index contributed by atoms with van der Waals surface area (Å²) in [5.74, 6) is 0.0899. The molecule has 0 saturated carbocycles. The monoisotopic (exact) mass is 528 g/mol. The van der Waals surface area contributed by atoms with E-state index in [0.717, 1.165) is 11.1 Å². The Kier molecular flexibility index (Phi) is 4.68. The maximum absolute atomic E-state index is 14.7. The molecule has 2 spiro atoms. The van der Waals surface area contributed by atoms with E-state index in [2.05, 4.69) is 10.2 Å². The Morgan fingerprint density at radius 3 is 2.37 bits per heavy atom. The van der Waals surface area contributed by atoms with Gasteiger partial charge in [0.05, 0.1) is 15.3 Å². The molecule has 38 heavy (non-hydrogen) atoms. The lowest BCUT2D eigenvalue weighted by molar-refractivity contribution is -0.385. The zero-order valence-electron chi connectivity index (χ0n) is 19.8. The number of amides is 1. The molecule has 4 atom stereocenters. The number of hydrogen-bond donors (Lipinski definition) is 1. The zero-order valence-corrected chi connectivity index (χ0v) is 20.6. The van der Waals surface area contributed by atoms with Gasteiger partial charge in [-0.25, -0.2) is 0 Å². The molecule has 0 radical (unpaired) electrons. The normalized spacial score (nSPS) is 28.9. The molecule has 1 aliphatic carbocycles. The fraction of sp³-hybridized carbons (Fsp3) is 0.259. The van der Waals surface area contributed by atoms with Gasteiger partial charge < -0.3 is 5.32 Å². The maximum atomic E-state index is 14.7. The molecule has 0 unspecified atom stereocenters. The van der Waals surface area contributed by atoms with Crippen molar-refractivity contribution < 1.29 is 19.4 Å². The molecule has 4 aliphatic rings. The fourth-order valence-electron chi connectivity index (χ4n) is 7.38. The Bertz CT molecular complexity index is 1590. The van der Waals surface area contributed by atoms with Gasteiger partial charge in [0.25, 0.3) is 17.3 Å². The van der Waals surface area contributed by atoms with Gasteiger partial charge in [0, 0.05) is 64.7 Å². The lowest BCUT2D eigenvalue weighted by atomic mass is 9.58. The number of non-ortho nitro benzene ring substituents is 2. The molecule has 11 heteroatoms. The van der Waals surface area contributed by atoms with Crippen molar-refractivity contribution in [2.45, 2.75) is 23.9 Å². The summed E-state index contributed by atoms with van der Waals surface area (Å²) in [6.45, 7) is 0. The molecular weight excluding hydrogens is 508 g/mol. The average molecular weight is 529 g/mol. The highest BCUT2D eigenvalue weighted by molar-refractivity contribution is 7.99. The molecule has 0 bridgehead atoms. The minimum Gasteiger partial charge on any atom is -0.324 e. The Hall–Kier alpha value is -4.09. The number of hydrogen-bond acceptors (Lipinski definition) is 8. The summed E-state index contributed by atoms with van der Waals surface area (Å²) in [6.07, 6.45) is 0.275. The van der Waals surface area contributed by atoms with Crippen LogP contribution in [-0.4, -0.2) is 44.1 Å². The van der Waals surface area contributed by atoms with E-state index in [-0.39, 0.29) is 35.5 Å². The number of rotatable bonds is 3. The summed E-state index contributed by atoms with van der Waals surface area (Å²) < 4.78 is 0. The van der Waals surface area contributed by atoms with Crippen molar-refractivity contribution in [1.82, 2.24) is 4.90 Å². The van der Waals surface area contributed by atoms with Crippen LogP contribution >= 0.6 is 11.8 Å². The smallest absolute Gasteiger partial charge is 0.269 e. The van der Waals surface area contributed by atoms with E-state index in [4.69, 9.17) is 0 Å². The number of nitro benzene ring substituents is 2. The first-order valence-electron chi connectivity index (χ1n) is 12.1. The van der Waals surface area contributed by atoms with Crippen molar-refractivity contribution in [3.63, 3.8) is 0 Å². The number of nitro groups is 2. The van der Waals surface area contributed by atoms with E-state index in [1.54, 1.807) is 36.0 Å². The summed E-state index contributed by atoms with van der Waals surface area (Å²) in [6, 6.07) is 17.6. The van der Waals surface area contributed by atoms with Gasteiger partial charge in [-0.1, -0.05) is 36.4 Å². The summed E-state index contributed by atoms with van der Waals surface area (Å²) in [5, 5.41) is 26.1. The highest BCUT2D eigenvalue weighted by Crippen LogP contribution is 2.70. The van der Waals surface area contributed by atoms with Crippen LogP contribution in [-0.2, 0) is 16.8 Å². The summed E-state index contributed by atoms with van der Waals surface area (Å²) in [4.78, 5) is 53.2. The zero-order chi connectivity index (χ0) is 26.4. The lowest BCUT2D eigenvalue weighted by Gasteiger charge is -2.44. The second-order valence-corrected chi connectivity index (χ2v) is 11.1. The van der Waals surface area contributed by atoms with Crippen molar-refractivity contribution in [3.8, 4) is 0 Å². The first-order chi connectivity index (χ1) is 18.3. The van der Waals surface area contributed by atoms with Crippen molar-refractivity contribution in [2.75, 3.05) is 16.9 Å². The number of anilines is 1. The van der Waals surface area contributed by atoms with Crippen molar-refractivity contribution >= 4 is 40.5 Å². The van der Waals surface area contributed by atoms with Crippen molar-refractivity contribution in [3.05, 3.63) is 109 Å². The van der Waals surface area contributed by atoms with Crippen LogP contribution in [0.25, 0.3) is 0 Å². The third kappa shape index (κ3) is 2.62. The molecule has 10 nitrogen and oxygen atoms in total. The van der Waals surface area contributed by atoms with Gasteiger partial charge >= 0.3 is 0 Å². The summed E-state index contributed by atoms with van der Waals surface area (Å²) >= 11 is 1.64. The van der Waals surface area contributed by atoms with Gasteiger partial charge in [-0.2, -0.15) is 0 Å². The lowest BCUT2D eigenvalue weighted by Crippen LogP contribution is -2.58. The van der Waals surface area contributed by atoms with E-state index in [9.17, 15) is 29.8 Å². The summed E-state index contributed by atoms with van der Waals surface area (Å²) in [5.41, 5.74) is 0.00209. The van der Waals surface area contributed by atoms with Gasteiger partial charge in [0.1, 0.15) is 5.54 Å². The van der Waals surface area contributed by atoms with Gasteiger partial charge in [0.2, 0.25) is 0 Å².